The van der Waals surface area contributed by atoms with Gasteiger partial charge in [0.15, 0.2) is 0 Å². The van der Waals surface area contributed by atoms with Crippen LogP contribution in [0.4, 0.5) is 0 Å². The minimum atomic E-state index is -0.870. The zero-order chi connectivity index (χ0) is 20.8. The molecule has 28 heavy (non-hydrogen) atoms. The van der Waals surface area contributed by atoms with E-state index in [1.807, 2.05) is 43.4 Å². The van der Waals surface area contributed by atoms with Gasteiger partial charge < -0.3 is 25.2 Å². The van der Waals surface area contributed by atoms with E-state index >= 15 is 0 Å². The molecule has 1 rings (SSSR count). The second-order valence-corrected chi connectivity index (χ2v) is 6.92. The molecule has 6 heteroatoms. The number of allylic oxidation sites excluding steroid dienone is 4. The van der Waals surface area contributed by atoms with E-state index in [2.05, 4.69) is 0 Å². The van der Waals surface area contributed by atoms with Crippen molar-refractivity contribution in [3.63, 3.8) is 0 Å². The number of ether oxygens (including phenoxy) is 1. The summed E-state index contributed by atoms with van der Waals surface area (Å²) >= 11 is 0. The molecule has 0 aromatic heterocycles. The third-order valence-corrected chi connectivity index (χ3v) is 4.44. The molecule has 6 nitrogen and oxygen atoms in total. The number of carboxylic acid groups (broad SMARTS) is 1. The minimum Gasteiger partial charge on any atom is -0.481 e. The molecule has 0 aliphatic carbocycles. The van der Waals surface area contributed by atoms with Crippen molar-refractivity contribution in [3.05, 3.63) is 48.6 Å². The number of hydrogen-bond acceptors (Lipinski definition) is 5. The van der Waals surface area contributed by atoms with Crippen LogP contribution in [-0.2, 0) is 9.53 Å². The molecule has 0 unspecified atom stereocenters. The molecular weight excluding hydrogens is 360 g/mol. The average molecular weight is 395 g/mol. The van der Waals surface area contributed by atoms with Gasteiger partial charge in [0.25, 0.3) is 0 Å². The van der Waals surface area contributed by atoms with E-state index in [4.69, 9.17) is 9.84 Å². The van der Waals surface area contributed by atoms with Crippen LogP contribution in [0.25, 0.3) is 0 Å². The van der Waals surface area contributed by atoms with Gasteiger partial charge in [0, 0.05) is 12.8 Å². The van der Waals surface area contributed by atoms with Crippen molar-refractivity contribution in [1.29, 1.82) is 0 Å². The van der Waals surface area contributed by atoms with Gasteiger partial charge in [-0.25, -0.2) is 0 Å². The Bertz CT molecular complexity index is 551. The number of hydrogen-bond donors (Lipinski definition) is 4. The zero-order valence-corrected chi connectivity index (χ0v) is 16.6. The first-order valence-corrected chi connectivity index (χ1v) is 9.98. The van der Waals surface area contributed by atoms with Crippen LogP contribution < -0.4 is 0 Å². The average Bonchev–Trinajstić information content (AvgIpc) is 3.02. The Hall–Kier alpha value is -1.73. The maximum atomic E-state index is 10.4. The Labute approximate surface area is 167 Å². The molecule has 0 radical (unpaired) electrons. The lowest BCUT2D eigenvalue weighted by molar-refractivity contribution is -0.136. The number of aliphatic carboxylic acids is 1. The second-order valence-electron chi connectivity index (χ2n) is 6.92. The smallest absolute Gasteiger partial charge is 0.303 e. The van der Waals surface area contributed by atoms with Crippen LogP contribution in [-0.4, -0.2) is 56.9 Å². The third kappa shape index (κ3) is 10.6. The maximum Gasteiger partial charge on any atom is 0.303 e. The third-order valence-electron chi connectivity index (χ3n) is 4.44. The van der Waals surface area contributed by atoms with E-state index in [1.54, 1.807) is 6.08 Å². The molecule has 0 saturated carbocycles. The van der Waals surface area contributed by atoms with Crippen molar-refractivity contribution in [1.82, 2.24) is 0 Å². The highest BCUT2D eigenvalue weighted by atomic mass is 16.5. The van der Waals surface area contributed by atoms with Crippen LogP contribution in [0.1, 0.15) is 51.9 Å². The SMILES string of the molecule is CC/C=C\C[C@H](O)/C=C/[C@@H](O)[C@@H]1C[C@@H](O)[C@H](C/C=C\C/C=C\CCC(=O)O)O1. The zero-order valence-electron chi connectivity index (χ0n) is 16.6. The van der Waals surface area contributed by atoms with Crippen molar-refractivity contribution >= 4 is 5.97 Å². The van der Waals surface area contributed by atoms with E-state index in [1.165, 1.54) is 6.08 Å². The van der Waals surface area contributed by atoms with Gasteiger partial charge in [0.2, 0.25) is 0 Å². The highest BCUT2D eigenvalue weighted by Crippen LogP contribution is 2.26. The molecule has 0 aromatic rings. The monoisotopic (exact) mass is 394 g/mol. The molecule has 1 aliphatic heterocycles. The van der Waals surface area contributed by atoms with Gasteiger partial charge in [-0.2, -0.15) is 0 Å². The van der Waals surface area contributed by atoms with Gasteiger partial charge >= 0.3 is 5.97 Å². The van der Waals surface area contributed by atoms with Gasteiger partial charge in [-0.05, 0) is 32.1 Å². The standard InChI is InChI=1S/C22H34O6/c1-2-3-8-11-17(23)14-15-18(24)21-16-19(25)20(28-21)12-9-6-4-5-7-10-13-22(26)27/h3,5-9,14-15,17-21,23-25H,2,4,10-13,16H2,1H3,(H,26,27)/b7-5-,8-3-,9-6-,15-14+/t17-,18+,19+,20-,21-/m0/s1. The number of rotatable bonds is 13. The van der Waals surface area contributed by atoms with Crippen molar-refractivity contribution < 1.29 is 30.0 Å². The summed E-state index contributed by atoms with van der Waals surface area (Å²) in [6.07, 6.45) is 15.2. The van der Waals surface area contributed by atoms with Gasteiger partial charge in [-0.15, -0.1) is 0 Å². The Morgan fingerprint density at radius 1 is 1.11 bits per heavy atom. The lowest BCUT2D eigenvalue weighted by Gasteiger charge is -2.16. The van der Waals surface area contributed by atoms with Crippen LogP contribution in [0.5, 0.6) is 0 Å². The van der Waals surface area contributed by atoms with Gasteiger partial charge in [-0.3, -0.25) is 4.79 Å². The summed E-state index contributed by atoms with van der Waals surface area (Å²) in [4.78, 5) is 10.4. The molecule has 0 amide bonds. The molecule has 0 bridgehead atoms. The summed E-state index contributed by atoms with van der Waals surface area (Å²) in [6.45, 7) is 2.02. The summed E-state index contributed by atoms with van der Waals surface area (Å²) in [5, 5.41) is 38.7. The summed E-state index contributed by atoms with van der Waals surface area (Å²) in [6, 6.07) is 0. The van der Waals surface area contributed by atoms with Gasteiger partial charge in [0.1, 0.15) is 0 Å². The van der Waals surface area contributed by atoms with Crippen LogP contribution in [0, 0.1) is 0 Å². The van der Waals surface area contributed by atoms with E-state index in [9.17, 15) is 20.1 Å². The van der Waals surface area contributed by atoms with Crippen LogP contribution in [0.15, 0.2) is 48.6 Å². The Morgan fingerprint density at radius 3 is 2.57 bits per heavy atom. The Kier molecular flexibility index (Phi) is 12.4. The van der Waals surface area contributed by atoms with Gasteiger partial charge in [-0.1, -0.05) is 55.5 Å². The molecule has 158 valence electrons. The van der Waals surface area contributed by atoms with Crippen molar-refractivity contribution in [2.24, 2.45) is 0 Å². The van der Waals surface area contributed by atoms with Crippen LogP contribution in [0.2, 0.25) is 0 Å². The molecule has 4 N–H and O–H groups in total. The second kappa shape index (κ2) is 14.3. The predicted octanol–water partition coefficient (Wildman–Crippen LogP) is 2.90. The Morgan fingerprint density at radius 2 is 1.86 bits per heavy atom. The highest BCUT2D eigenvalue weighted by Gasteiger charge is 2.36. The summed E-state index contributed by atoms with van der Waals surface area (Å²) in [7, 11) is 0. The molecule has 1 saturated heterocycles. The number of aliphatic hydroxyl groups excluding tert-OH is 3. The van der Waals surface area contributed by atoms with Crippen molar-refractivity contribution in [2.75, 3.05) is 0 Å². The summed E-state index contributed by atoms with van der Waals surface area (Å²) < 4.78 is 5.76. The van der Waals surface area contributed by atoms with E-state index in [0.29, 0.717) is 32.1 Å². The molecular formula is C22H34O6. The Balaban J connectivity index is 2.32. The lowest BCUT2D eigenvalue weighted by atomic mass is 10.0. The normalized spacial score (nSPS) is 25.5. The summed E-state index contributed by atoms with van der Waals surface area (Å²) in [5.74, 6) is -0.804. The predicted molar refractivity (Wildman–Crippen MR) is 109 cm³/mol. The summed E-state index contributed by atoms with van der Waals surface area (Å²) in [5.41, 5.74) is 0. The molecule has 0 spiro atoms. The molecule has 1 fully saturated rings. The number of aliphatic hydroxyl groups is 3. The van der Waals surface area contributed by atoms with E-state index in [-0.39, 0.29) is 12.5 Å². The van der Waals surface area contributed by atoms with Crippen molar-refractivity contribution in [3.8, 4) is 0 Å². The maximum absolute atomic E-state index is 10.4. The van der Waals surface area contributed by atoms with Crippen molar-refractivity contribution in [2.45, 2.75) is 82.4 Å². The lowest BCUT2D eigenvalue weighted by Crippen LogP contribution is -2.24. The largest absolute Gasteiger partial charge is 0.481 e. The molecule has 0 aromatic carbocycles. The molecule has 1 heterocycles. The topological polar surface area (TPSA) is 107 Å². The fraction of sp³-hybridized carbons (Fsp3) is 0.591. The van der Waals surface area contributed by atoms with Crippen LogP contribution in [0.3, 0.4) is 0 Å². The first-order chi connectivity index (χ1) is 13.4. The first-order valence-electron chi connectivity index (χ1n) is 9.98. The van der Waals surface area contributed by atoms with E-state index < -0.39 is 30.4 Å². The first kappa shape index (κ1) is 24.3. The fourth-order valence-corrected chi connectivity index (χ4v) is 2.87. The number of carboxylic acids is 1. The van der Waals surface area contributed by atoms with Crippen LogP contribution >= 0.6 is 0 Å². The molecule has 5 atom stereocenters. The number of carbonyl (C=O) groups is 1. The molecule has 1 aliphatic rings. The van der Waals surface area contributed by atoms with E-state index in [0.717, 1.165) is 6.42 Å². The van der Waals surface area contributed by atoms with Gasteiger partial charge in [0.05, 0.1) is 30.5 Å². The fourth-order valence-electron chi connectivity index (χ4n) is 2.87. The quantitative estimate of drug-likeness (QED) is 0.358. The highest BCUT2D eigenvalue weighted by molar-refractivity contribution is 5.66. The minimum absolute atomic E-state index is 0.132.